The van der Waals surface area contributed by atoms with Gasteiger partial charge in [-0.25, -0.2) is 9.80 Å². The number of carbonyl (C=O) groups excluding carboxylic acids is 1. The van der Waals surface area contributed by atoms with Gasteiger partial charge in [0.05, 0.1) is 18.4 Å². The molecule has 0 bridgehead atoms. The molecule has 2 unspecified atom stereocenters. The van der Waals surface area contributed by atoms with Crippen molar-refractivity contribution >= 4 is 6.09 Å². The third kappa shape index (κ3) is 6.60. The van der Waals surface area contributed by atoms with Crippen molar-refractivity contribution in [1.29, 1.82) is 0 Å². The number of rotatable bonds is 8. The SMILES string of the molecule is CN(CC(O)(c1ccccc1-c1cnccn1)C(N)Cc1ccccc1)NC(=O)OC(C)(C)C. The van der Waals surface area contributed by atoms with Crippen LogP contribution in [0.15, 0.2) is 73.2 Å². The number of benzene rings is 2. The van der Waals surface area contributed by atoms with Crippen molar-refractivity contribution in [2.75, 3.05) is 13.6 Å². The summed E-state index contributed by atoms with van der Waals surface area (Å²) in [6.07, 6.45) is 4.65. The van der Waals surface area contributed by atoms with Gasteiger partial charge in [0.1, 0.15) is 11.2 Å². The van der Waals surface area contributed by atoms with Crippen LogP contribution >= 0.6 is 0 Å². The van der Waals surface area contributed by atoms with Crippen molar-refractivity contribution < 1.29 is 14.6 Å². The van der Waals surface area contributed by atoms with Gasteiger partial charge in [-0.15, -0.1) is 0 Å². The van der Waals surface area contributed by atoms with E-state index >= 15 is 0 Å². The van der Waals surface area contributed by atoms with E-state index in [1.807, 2.05) is 54.6 Å². The molecule has 180 valence electrons. The maximum atomic E-state index is 12.3. The van der Waals surface area contributed by atoms with Crippen LogP contribution in [-0.4, -0.2) is 51.4 Å². The lowest BCUT2D eigenvalue weighted by Crippen LogP contribution is -2.56. The fourth-order valence-electron chi connectivity index (χ4n) is 3.82. The Balaban J connectivity index is 1.97. The van der Waals surface area contributed by atoms with Crippen LogP contribution in [0.4, 0.5) is 4.79 Å². The molecule has 34 heavy (non-hydrogen) atoms. The normalized spacial score (nSPS) is 14.3. The monoisotopic (exact) mass is 463 g/mol. The Morgan fingerprint density at radius 3 is 2.44 bits per heavy atom. The van der Waals surface area contributed by atoms with Crippen LogP contribution in [0.25, 0.3) is 11.3 Å². The topological polar surface area (TPSA) is 114 Å². The van der Waals surface area contributed by atoms with E-state index in [-0.39, 0.29) is 6.54 Å². The Morgan fingerprint density at radius 2 is 1.79 bits per heavy atom. The minimum atomic E-state index is -1.55. The van der Waals surface area contributed by atoms with Crippen LogP contribution in [0.5, 0.6) is 0 Å². The van der Waals surface area contributed by atoms with Crippen LogP contribution in [0.1, 0.15) is 31.9 Å². The molecule has 1 heterocycles. The lowest BCUT2D eigenvalue weighted by molar-refractivity contribution is -0.0325. The molecule has 0 aliphatic heterocycles. The molecule has 3 rings (SSSR count). The lowest BCUT2D eigenvalue weighted by atomic mass is 9.80. The van der Waals surface area contributed by atoms with Gasteiger partial charge >= 0.3 is 6.09 Å². The van der Waals surface area contributed by atoms with Gasteiger partial charge in [-0.05, 0) is 38.3 Å². The fraction of sp³-hybridized carbons (Fsp3) is 0.346. The highest BCUT2D eigenvalue weighted by atomic mass is 16.6. The summed E-state index contributed by atoms with van der Waals surface area (Å²) in [7, 11) is 1.66. The van der Waals surface area contributed by atoms with Crippen molar-refractivity contribution in [3.05, 3.63) is 84.3 Å². The number of aromatic nitrogens is 2. The number of hydrogen-bond acceptors (Lipinski definition) is 7. The summed E-state index contributed by atoms with van der Waals surface area (Å²) in [5.41, 5.74) is 10.1. The number of ether oxygens (including phenoxy) is 1. The molecule has 0 saturated heterocycles. The number of nitrogens with zero attached hydrogens (tertiary/aromatic N) is 3. The minimum absolute atomic E-state index is 0.0114. The van der Waals surface area contributed by atoms with Gasteiger partial charge < -0.3 is 15.6 Å². The van der Waals surface area contributed by atoms with E-state index in [0.29, 0.717) is 23.2 Å². The molecule has 2 aromatic carbocycles. The average Bonchev–Trinajstić information content (AvgIpc) is 2.78. The quantitative estimate of drug-likeness (QED) is 0.439. The van der Waals surface area contributed by atoms with E-state index in [1.165, 1.54) is 5.01 Å². The maximum Gasteiger partial charge on any atom is 0.422 e. The first-order valence-corrected chi connectivity index (χ1v) is 11.2. The van der Waals surface area contributed by atoms with Crippen LogP contribution in [0.2, 0.25) is 0 Å². The summed E-state index contributed by atoms with van der Waals surface area (Å²) in [4.78, 5) is 20.9. The van der Waals surface area contributed by atoms with Crippen LogP contribution in [0.3, 0.4) is 0 Å². The van der Waals surface area contributed by atoms with Crippen molar-refractivity contribution in [3.8, 4) is 11.3 Å². The number of nitrogens with one attached hydrogen (secondary N) is 1. The predicted molar refractivity (Wildman–Crippen MR) is 131 cm³/mol. The molecule has 1 aromatic heterocycles. The Morgan fingerprint density at radius 1 is 1.12 bits per heavy atom. The number of hydrogen-bond donors (Lipinski definition) is 3. The lowest BCUT2D eigenvalue weighted by Gasteiger charge is -2.39. The molecule has 3 aromatic rings. The Bertz CT molecular complexity index is 1070. The summed E-state index contributed by atoms with van der Waals surface area (Å²) < 4.78 is 5.35. The maximum absolute atomic E-state index is 12.3. The number of aliphatic hydroxyl groups is 1. The zero-order chi connectivity index (χ0) is 24.8. The summed E-state index contributed by atoms with van der Waals surface area (Å²) in [6, 6.07) is 16.5. The standard InChI is InChI=1S/C26H33N5O3/c1-25(2,3)34-24(32)30-31(4)18-26(33,23(27)16-19-10-6-5-7-11-19)21-13-9-8-12-20(21)22-17-28-14-15-29-22/h5-15,17,23,33H,16,18,27H2,1-4H3,(H,30,32). The van der Waals surface area contributed by atoms with E-state index in [1.54, 1.807) is 46.4 Å². The van der Waals surface area contributed by atoms with Crippen LogP contribution < -0.4 is 11.2 Å². The number of nitrogens with two attached hydrogens (primary N) is 1. The largest absolute Gasteiger partial charge is 0.443 e. The van der Waals surface area contributed by atoms with E-state index in [4.69, 9.17) is 10.5 Å². The van der Waals surface area contributed by atoms with Crippen LogP contribution in [-0.2, 0) is 16.8 Å². The van der Waals surface area contributed by atoms with Crippen LogP contribution in [0, 0.1) is 0 Å². The van der Waals surface area contributed by atoms with Crippen molar-refractivity contribution in [2.45, 2.75) is 44.4 Å². The zero-order valence-corrected chi connectivity index (χ0v) is 20.1. The van der Waals surface area contributed by atoms with Crippen molar-refractivity contribution in [2.24, 2.45) is 5.73 Å². The number of amides is 1. The molecular weight excluding hydrogens is 430 g/mol. The van der Waals surface area contributed by atoms with E-state index < -0.39 is 23.3 Å². The molecule has 0 saturated carbocycles. The number of carbonyl (C=O) groups is 1. The molecule has 0 aliphatic rings. The third-order valence-corrected chi connectivity index (χ3v) is 5.30. The first-order valence-electron chi connectivity index (χ1n) is 11.2. The first-order chi connectivity index (χ1) is 16.1. The minimum Gasteiger partial charge on any atom is -0.443 e. The molecule has 0 aliphatic carbocycles. The van der Waals surface area contributed by atoms with Crippen molar-refractivity contribution in [1.82, 2.24) is 20.4 Å². The fourth-order valence-corrected chi connectivity index (χ4v) is 3.82. The third-order valence-electron chi connectivity index (χ3n) is 5.30. The van der Waals surface area contributed by atoms with Crippen molar-refractivity contribution in [3.63, 3.8) is 0 Å². The summed E-state index contributed by atoms with van der Waals surface area (Å²) in [6.45, 7) is 5.37. The van der Waals surface area contributed by atoms with E-state index in [9.17, 15) is 9.90 Å². The molecule has 0 spiro atoms. The molecule has 1 amide bonds. The van der Waals surface area contributed by atoms with Gasteiger partial charge in [-0.3, -0.25) is 15.4 Å². The van der Waals surface area contributed by atoms with E-state index in [0.717, 1.165) is 5.56 Å². The Hall–Kier alpha value is -3.33. The molecule has 8 heteroatoms. The predicted octanol–water partition coefficient (Wildman–Crippen LogP) is 3.27. The smallest absolute Gasteiger partial charge is 0.422 e. The molecule has 4 N–H and O–H groups in total. The van der Waals surface area contributed by atoms with Gasteiger partial charge in [-0.1, -0.05) is 54.6 Å². The second kappa shape index (κ2) is 10.7. The first kappa shape index (κ1) is 25.3. The molecular formula is C26H33N5O3. The zero-order valence-electron chi connectivity index (χ0n) is 20.1. The van der Waals surface area contributed by atoms with Gasteiger partial charge in [-0.2, -0.15) is 0 Å². The second-order valence-corrected chi connectivity index (χ2v) is 9.33. The van der Waals surface area contributed by atoms with E-state index in [2.05, 4.69) is 15.4 Å². The van der Waals surface area contributed by atoms with Gasteiger partial charge in [0.2, 0.25) is 0 Å². The highest BCUT2D eigenvalue weighted by Gasteiger charge is 2.40. The summed E-state index contributed by atoms with van der Waals surface area (Å²) in [5, 5.41) is 13.7. The van der Waals surface area contributed by atoms with Gasteiger partial charge in [0.15, 0.2) is 0 Å². The molecule has 0 fully saturated rings. The Kier molecular flexibility index (Phi) is 7.98. The second-order valence-electron chi connectivity index (χ2n) is 9.33. The highest BCUT2D eigenvalue weighted by Crippen LogP contribution is 2.34. The number of hydrazine groups is 1. The Labute approximate surface area is 200 Å². The molecule has 2 atom stereocenters. The summed E-state index contributed by atoms with van der Waals surface area (Å²) in [5.74, 6) is 0. The van der Waals surface area contributed by atoms with Gasteiger partial charge in [0, 0.05) is 31.0 Å². The molecule has 0 radical (unpaired) electrons. The number of likely N-dealkylation sites (N-methyl/N-ethyl adjacent to an activating group) is 1. The average molecular weight is 464 g/mol. The highest BCUT2D eigenvalue weighted by molar-refractivity contribution is 5.67. The summed E-state index contributed by atoms with van der Waals surface area (Å²) >= 11 is 0. The van der Waals surface area contributed by atoms with Gasteiger partial charge in [0.25, 0.3) is 0 Å². The molecule has 8 nitrogen and oxygen atoms in total.